The number of anilines is 1. The molecule has 1 aliphatic heterocycles. The monoisotopic (exact) mass is 394 g/mol. The summed E-state index contributed by atoms with van der Waals surface area (Å²) in [5, 5.41) is 14.0. The molecule has 0 radical (unpaired) electrons. The van der Waals surface area contributed by atoms with E-state index in [9.17, 15) is 9.50 Å². The Balaban J connectivity index is 1.44. The molecule has 4 rings (SSSR count). The number of aromatic hydroxyl groups is 1. The van der Waals surface area contributed by atoms with Gasteiger partial charge in [0, 0.05) is 30.4 Å². The number of aromatic amines is 1. The predicted octanol–water partition coefficient (Wildman–Crippen LogP) is 4.97. The number of hydrogen-bond acceptors (Lipinski definition) is 4. The second-order valence-electron chi connectivity index (χ2n) is 7.64. The largest absolute Gasteiger partial charge is 0.494 e. The number of hydrogen-bond donors (Lipinski definition) is 3. The Hall–Kier alpha value is -2.86. The molecule has 2 heterocycles. The van der Waals surface area contributed by atoms with Gasteiger partial charge in [-0.25, -0.2) is 4.39 Å². The summed E-state index contributed by atoms with van der Waals surface area (Å²) in [6.45, 7) is 6.44. The molecule has 0 spiro atoms. The van der Waals surface area contributed by atoms with Gasteiger partial charge in [0.25, 0.3) is 0 Å². The third-order valence-electron chi connectivity index (χ3n) is 5.54. The molecule has 152 valence electrons. The summed E-state index contributed by atoms with van der Waals surface area (Å²) < 4.78 is 14.2. The maximum atomic E-state index is 14.2. The highest BCUT2D eigenvalue weighted by atomic mass is 19.1. The van der Waals surface area contributed by atoms with Crippen LogP contribution in [0, 0.1) is 12.7 Å². The number of likely N-dealkylation sites (tertiary alicyclic amines) is 1. The average Bonchev–Trinajstić information content (AvgIpc) is 3.05. The van der Waals surface area contributed by atoms with Gasteiger partial charge in [-0.05, 0) is 68.8 Å². The molecule has 1 saturated heterocycles. The van der Waals surface area contributed by atoms with Crippen LogP contribution < -0.4 is 5.32 Å². The van der Waals surface area contributed by atoms with Crippen LogP contribution in [0.4, 0.5) is 15.8 Å². The lowest BCUT2D eigenvalue weighted by Gasteiger charge is -2.26. The number of piperidine rings is 1. The molecule has 29 heavy (non-hydrogen) atoms. The number of H-pyrrole nitrogens is 1. The van der Waals surface area contributed by atoms with Crippen LogP contribution in [0.5, 0.6) is 5.88 Å². The lowest BCUT2D eigenvalue weighted by Crippen LogP contribution is -2.33. The van der Waals surface area contributed by atoms with Crippen LogP contribution in [0.25, 0.3) is 10.9 Å². The van der Waals surface area contributed by atoms with Crippen molar-refractivity contribution in [3.05, 3.63) is 53.3 Å². The van der Waals surface area contributed by atoms with Crippen molar-refractivity contribution in [1.29, 1.82) is 0 Å². The van der Waals surface area contributed by atoms with Crippen molar-refractivity contribution in [2.75, 3.05) is 31.5 Å². The molecular formula is C23H27FN4O. The Bertz CT molecular complexity index is 1020. The Labute approximate surface area is 170 Å². The summed E-state index contributed by atoms with van der Waals surface area (Å²) in [4.78, 5) is 9.75. The van der Waals surface area contributed by atoms with Gasteiger partial charge in [-0.3, -0.25) is 4.99 Å². The molecule has 0 atom stereocenters. The van der Waals surface area contributed by atoms with Gasteiger partial charge >= 0.3 is 0 Å². The van der Waals surface area contributed by atoms with Gasteiger partial charge in [-0.2, -0.15) is 0 Å². The number of aryl methyl sites for hydroxylation is 1. The molecule has 6 heteroatoms. The predicted molar refractivity (Wildman–Crippen MR) is 117 cm³/mol. The fourth-order valence-corrected chi connectivity index (χ4v) is 3.94. The minimum absolute atomic E-state index is 0.0819. The number of fused-ring (bicyclic) bond motifs is 1. The third-order valence-corrected chi connectivity index (χ3v) is 5.54. The van der Waals surface area contributed by atoms with Crippen molar-refractivity contribution in [2.45, 2.75) is 26.2 Å². The number of benzene rings is 2. The molecule has 2 aromatic carbocycles. The Morgan fingerprint density at radius 1 is 1.21 bits per heavy atom. The second kappa shape index (κ2) is 8.66. The zero-order valence-corrected chi connectivity index (χ0v) is 16.7. The van der Waals surface area contributed by atoms with Gasteiger partial charge in [-0.15, -0.1) is 0 Å². The topological polar surface area (TPSA) is 63.7 Å². The van der Waals surface area contributed by atoms with E-state index in [1.165, 1.54) is 44.6 Å². The first kappa shape index (κ1) is 19.5. The molecule has 0 unspecified atom stereocenters. The summed E-state index contributed by atoms with van der Waals surface area (Å²) >= 11 is 0. The normalized spacial score (nSPS) is 15.4. The number of aromatic nitrogens is 1. The van der Waals surface area contributed by atoms with Crippen molar-refractivity contribution in [2.24, 2.45) is 4.99 Å². The van der Waals surface area contributed by atoms with Crippen LogP contribution in [0.3, 0.4) is 0 Å². The van der Waals surface area contributed by atoms with Gasteiger partial charge in [0.15, 0.2) is 5.88 Å². The molecule has 0 aliphatic carbocycles. The van der Waals surface area contributed by atoms with E-state index in [0.29, 0.717) is 16.5 Å². The fourth-order valence-electron chi connectivity index (χ4n) is 3.94. The standard InChI is InChI=1S/C23H27FN4O/c1-16-14-17(8-9-20(16)25-10-13-28-11-3-2-4-12-28)26-15-18-22-19(24)6-5-7-21(22)27-23(18)29/h5-9,14-15,25,27,29H,2-4,10-13H2,1H3. The van der Waals surface area contributed by atoms with Gasteiger partial charge in [0.05, 0.1) is 16.8 Å². The maximum Gasteiger partial charge on any atom is 0.198 e. The first-order chi connectivity index (χ1) is 14.1. The molecule has 1 aliphatic rings. The van der Waals surface area contributed by atoms with E-state index in [0.717, 1.165) is 30.0 Å². The summed E-state index contributed by atoms with van der Waals surface area (Å²) in [5.74, 6) is -0.466. The van der Waals surface area contributed by atoms with Crippen LogP contribution in [-0.4, -0.2) is 47.4 Å². The first-order valence-electron chi connectivity index (χ1n) is 10.2. The Morgan fingerprint density at radius 2 is 2.03 bits per heavy atom. The lowest BCUT2D eigenvalue weighted by molar-refractivity contribution is 0.237. The fraction of sp³-hybridized carbons (Fsp3) is 0.348. The molecule has 3 aromatic rings. The van der Waals surface area contributed by atoms with E-state index in [1.54, 1.807) is 12.1 Å². The van der Waals surface area contributed by atoms with Crippen molar-refractivity contribution in [3.63, 3.8) is 0 Å². The molecule has 3 N–H and O–H groups in total. The van der Waals surface area contributed by atoms with Gasteiger partial charge in [-0.1, -0.05) is 12.5 Å². The van der Waals surface area contributed by atoms with E-state index in [2.05, 4.69) is 20.2 Å². The Kier molecular flexibility index (Phi) is 5.81. The van der Waals surface area contributed by atoms with Crippen molar-refractivity contribution in [3.8, 4) is 5.88 Å². The average molecular weight is 394 g/mol. The summed E-state index contributed by atoms with van der Waals surface area (Å²) in [6, 6.07) is 10.6. The molecule has 5 nitrogen and oxygen atoms in total. The molecular weight excluding hydrogens is 367 g/mol. The number of nitrogens with one attached hydrogen (secondary N) is 2. The van der Waals surface area contributed by atoms with Crippen molar-refractivity contribution < 1.29 is 9.50 Å². The lowest BCUT2D eigenvalue weighted by atomic mass is 10.1. The minimum atomic E-state index is -0.384. The zero-order chi connectivity index (χ0) is 20.2. The minimum Gasteiger partial charge on any atom is -0.494 e. The number of halogens is 1. The van der Waals surface area contributed by atoms with Gasteiger partial charge in [0.1, 0.15) is 5.82 Å². The third kappa shape index (κ3) is 4.43. The van der Waals surface area contributed by atoms with Gasteiger partial charge < -0.3 is 20.3 Å². The number of rotatable bonds is 6. The van der Waals surface area contributed by atoms with Crippen LogP contribution in [0.2, 0.25) is 0 Å². The highest BCUT2D eigenvalue weighted by molar-refractivity contribution is 6.02. The molecule has 0 amide bonds. The highest BCUT2D eigenvalue weighted by Gasteiger charge is 2.13. The maximum absolute atomic E-state index is 14.2. The van der Waals surface area contributed by atoms with Crippen LogP contribution in [0.1, 0.15) is 30.4 Å². The van der Waals surface area contributed by atoms with Gasteiger partial charge in [0.2, 0.25) is 0 Å². The Morgan fingerprint density at radius 3 is 2.83 bits per heavy atom. The molecule has 1 aromatic heterocycles. The van der Waals surface area contributed by atoms with Crippen molar-refractivity contribution >= 4 is 28.5 Å². The van der Waals surface area contributed by atoms with E-state index < -0.39 is 0 Å². The smallest absolute Gasteiger partial charge is 0.198 e. The SMILES string of the molecule is Cc1cc(N=Cc2c(O)[nH]c3cccc(F)c23)ccc1NCCN1CCCCC1. The highest BCUT2D eigenvalue weighted by Crippen LogP contribution is 2.29. The van der Waals surface area contributed by atoms with Crippen LogP contribution in [-0.2, 0) is 0 Å². The number of nitrogens with zero attached hydrogens (tertiary/aromatic N) is 2. The summed E-state index contributed by atoms with van der Waals surface area (Å²) in [5.41, 5.74) is 3.87. The van der Waals surface area contributed by atoms with Crippen molar-refractivity contribution in [1.82, 2.24) is 9.88 Å². The van der Waals surface area contributed by atoms with E-state index >= 15 is 0 Å². The summed E-state index contributed by atoms with van der Waals surface area (Å²) in [7, 11) is 0. The molecule has 0 saturated carbocycles. The van der Waals surface area contributed by atoms with Crippen LogP contribution in [0.15, 0.2) is 41.4 Å². The number of aliphatic imine (C=N–C) groups is 1. The molecule has 0 bridgehead atoms. The summed E-state index contributed by atoms with van der Waals surface area (Å²) in [6.07, 6.45) is 5.48. The second-order valence-corrected chi connectivity index (χ2v) is 7.64. The molecule has 1 fully saturated rings. The van der Waals surface area contributed by atoms with E-state index in [1.807, 2.05) is 25.1 Å². The first-order valence-corrected chi connectivity index (χ1v) is 10.2. The van der Waals surface area contributed by atoms with E-state index in [-0.39, 0.29) is 11.7 Å². The quantitative estimate of drug-likeness (QED) is 0.517. The zero-order valence-electron chi connectivity index (χ0n) is 16.7. The van der Waals surface area contributed by atoms with Crippen LogP contribution >= 0.6 is 0 Å². The van der Waals surface area contributed by atoms with E-state index in [4.69, 9.17) is 0 Å².